The van der Waals surface area contributed by atoms with Crippen molar-refractivity contribution in [2.24, 2.45) is 17.8 Å². The molecule has 33 heavy (non-hydrogen) atoms. The Morgan fingerprint density at radius 1 is 0.788 bits per heavy atom. The van der Waals surface area contributed by atoms with E-state index in [1.165, 1.54) is 102 Å². The fourth-order valence-electron chi connectivity index (χ4n) is 6.46. The first-order valence-corrected chi connectivity index (χ1v) is 13.2. The zero-order valence-electron chi connectivity index (χ0n) is 20.4. The molecule has 0 spiro atoms. The van der Waals surface area contributed by atoms with Crippen LogP contribution in [0.2, 0.25) is 0 Å². The Kier molecular flexibility index (Phi) is 8.44. The molecule has 4 atom stereocenters. The lowest BCUT2D eigenvalue weighted by Crippen LogP contribution is -2.30. The summed E-state index contributed by atoms with van der Waals surface area (Å²) in [6, 6.07) is 11.1. The Balaban J connectivity index is 1.31. The van der Waals surface area contributed by atoms with Crippen molar-refractivity contribution in [3.63, 3.8) is 0 Å². The molecule has 0 amide bonds. The predicted octanol–water partition coefficient (Wildman–Crippen LogP) is 9.30. The zero-order chi connectivity index (χ0) is 23.2. The number of unbranched alkanes of at least 4 members (excludes halogenated alkanes) is 4. The van der Waals surface area contributed by atoms with E-state index in [0.717, 1.165) is 23.3 Å². The largest absolute Gasteiger partial charge is 0.491 e. The Bertz CT molecular complexity index is 868. The quantitative estimate of drug-likeness (QED) is 0.343. The lowest BCUT2D eigenvalue weighted by atomic mass is 9.63. The number of rotatable bonds is 9. The molecule has 2 aliphatic rings. The van der Waals surface area contributed by atoms with Crippen molar-refractivity contribution in [1.82, 2.24) is 0 Å². The van der Waals surface area contributed by atoms with Crippen LogP contribution in [0.5, 0.6) is 5.75 Å². The second-order valence-corrected chi connectivity index (χ2v) is 10.5. The summed E-state index contributed by atoms with van der Waals surface area (Å²) in [6.45, 7) is 2.29. The minimum absolute atomic E-state index is 0.321. The van der Waals surface area contributed by atoms with Crippen LogP contribution in [0.1, 0.15) is 95.5 Å². The van der Waals surface area contributed by atoms with E-state index in [2.05, 4.69) is 19.1 Å². The van der Waals surface area contributed by atoms with Gasteiger partial charge in [0.2, 0.25) is 0 Å². The van der Waals surface area contributed by atoms with Gasteiger partial charge in [-0.25, -0.2) is 8.78 Å². The third-order valence-electron chi connectivity index (χ3n) is 8.36. The fraction of sp³-hybridized carbons (Fsp3) is 0.600. The highest BCUT2D eigenvalue weighted by atomic mass is 19.1. The summed E-state index contributed by atoms with van der Waals surface area (Å²) in [6.07, 6.45) is 16.7. The number of methoxy groups -OCH3 is 1. The Labute approximate surface area is 198 Å². The van der Waals surface area contributed by atoms with Crippen LogP contribution in [0.15, 0.2) is 36.4 Å². The van der Waals surface area contributed by atoms with Crippen LogP contribution in [0.25, 0.3) is 11.1 Å². The minimum atomic E-state index is -0.661. The molecule has 2 aliphatic carbocycles. The standard InChI is InChI=1S/C30H40F2O/c1-3-4-5-6-7-8-21-9-10-26-18-25(16-15-24(26)17-21)22-11-13-23(14-12-22)27-19-28(31)30(33-2)29(32)20-27/h11-14,19-21,24-26H,3-10,15-18H2,1-2H3. The van der Waals surface area contributed by atoms with Crippen LogP contribution >= 0.6 is 0 Å². The average Bonchev–Trinajstić information content (AvgIpc) is 2.83. The summed E-state index contributed by atoms with van der Waals surface area (Å²) in [4.78, 5) is 0. The van der Waals surface area contributed by atoms with Gasteiger partial charge in [-0.05, 0) is 84.6 Å². The van der Waals surface area contributed by atoms with Gasteiger partial charge in [0, 0.05) is 0 Å². The molecule has 0 aliphatic heterocycles. The van der Waals surface area contributed by atoms with Crippen molar-refractivity contribution < 1.29 is 13.5 Å². The molecule has 1 nitrogen and oxygen atoms in total. The maximum atomic E-state index is 14.1. The summed E-state index contributed by atoms with van der Waals surface area (Å²) in [7, 11) is 1.28. The number of benzene rings is 2. The molecule has 2 saturated carbocycles. The van der Waals surface area contributed by atoms with Crippen LogP contribution in [0.3, 0.4) is 0 Å². The first-order valence-electron chi connectivity index (χ1n) is 13.2. The molecule has 0 N–H and O–H groups in total. The summed E-state index contributed by atoms with van der Waals surface area (Å²) in [5.74, 6) is 1.75. The second-order valence-electron chi connectivity index (χ2n) is 10.5. The smallest absolute Gasteiger partial charge is 0.190 e. The molecule has 0 aromatic heterocycles. The third-order valence-corrected chi connectivity index (χ3v) is 8.36. The van der Waals surface area contributed by atoms with Gasteiger partial charge in [-0.3, -0.25) is 0 Å². The van der Waals surface area contributed by atoms with Crippen LogP contribution in [0.4, 0.5) is 8.78 Å². The van der Waals surface area contributed by atoms with Gasteiger partial charge in [0.05, 0.1) is 7.11 Å². The topological polar surface area (TPSA) is 9.23 Å². The summed E-state index contributed by atoms with van der Waals surface area (Å²) < 4.78 is 33.0. The predicted molar refractivity (Wildman–Crippen MR) is 133 cm³/mol. The zero-order valence-corrected chi connectivity index (χ0v) is 20.4. The lowest BCUT2D eigenvalue weighted by molar-refractivity contribution is 0.113. The van der Waals surface area contributed by atoms with Crippen LogP contribution in [-0.4, -0.2) is 7.11 Å². The summed E-state index contributed by atoms with van der Waals surface area (Å²) in [5, 5.41) is 0. The van der Waals surface area contributed by atoms with E-state index in [9.17, 15) is 8.78 Å². The van der Waals surface area contributed by atoms with Crippen molar-refractivity contribution in [2.75, 3.05) is 7.11 Å². The first-order chi connectivity index (χ1) is 16.1. The molecule has 0 saturated heterocycles. The van der Waals surface area contributed by atoms with Gasteiger partial charge in [-0.1, -0.05) is 76.1 Å². The van der Waals surface area contributed by atoms with Crippen molar-refractivity contribution in [2.45, 2.75) is 89.9 Å². The fourth-order valence-corrected chi connectivity index (χ4v) is 6.46. The number of fused-ring (bicyclic) bond motifs is 1. The van der Waals surface area contributed by atoms with Crippen LogP contribution in [0, 0.1) is 29.4 Å². The van der Waals surface area contributed by atoms with E-state index in [1.54, 1.807) is 0 Å². The SMILES string of the molecule is CCCCCCCC1CCC2CC(c3ccc(-c4cc(F)c(OC)c(F)c4)cc3)CCC2C1. The Morgan fingerprint density at radius 3 is 2.15 bits per heavy atom. The second kappa shape index (κ2) is 11.5. The Hall–Kier alpha value is -1.90. The van der Waals surface area contributed by atoms with Gasteiger partial charge >= 0.3 is 0 Å². The highest BCUT2D eigenvalue weighted by Gasteiger charge is 2.35. The number of halogens is 2. The van der Waals surface area contributed by atoms with E-state index in [1.807, 2.05) is 12.1 Å². The normalized spacial score (nSPS) is 25.0. The molecule has 4 rings (SSSR count). The molecule has 4 unspecified atom stereocenters. The molecule has 0 bridgehead atoms. The molecule has 2 aromatic carbocycles. The van der Waals surface area contributed by atoms with Crippen LogP contribution in [-0.2, 0) is 0 Å². The molecule has 2 fully saturated rings. The van der Waals surface area contributed by atoms with Gasteiger partial charge < -0.3 is 4.74 Å². The highest BCUT2D eigenvalue weighted by Crippen LogP contribution is 2.48. The Morgan fingerprint density at radius 2 is 1.45 bits per heavy atom. The number of hydrogen-bond acceptors (Lipinski definition) is 1. The van der Waals surface area contributed by atoms with Crippen molar-refractivity contribution in [3.05, 3.63) is 53.6 Å². The molecule has 0 radical (unpaired) electrons. The maximum absolute atomic E-state index is 14.1. The number of ether oxygens (including phenoxy) is 1. The molecule has 2 aromatic rings. The van der Waals surface area contributed by atoms with E-state index >= 15 is 0 Å². The average molecular weight is 455 g/mol. The van der Waals surface area contributed by atoms with Gasteiger partial charge in [-0.2, -0.15) is 0 Å². The summed E-state index contributed by atoms with van der Waals surface area (Å²) >= 11 is 0. The van der Waals surface area contributed by atoms with E-state index in [0.29, 0.717) is 11.5 Å². The van der Waals surface area contributed by atoms with E-state index < -0.39 is 11.6 Å². The first kappa shape index (κ1) is 24.2. The summed E-state index contributed by atoms with van der Waals surface area (Å²) in [5.41, 5.74) is 2.77. The molecule has 3 heteroatoms. The van der Waals surface area contributed by atoms with E-state index in [4.69, 9.17) is 4.74 Å². The van der Waals surface area contributed by atoms with Crippen molar-refractivity contribution >= 4 is 0 Å². The molecule has 180 valence electrons. The lowest BCUT2D eigenvalue weighted by Gasteiger charge is -2.42. The van der Waals surface area contributed by atoms with Gasteiger partial charge in [0.1, 0.15) is 0 Å². The van der Waals surface area contributed by atoms with E-state index in [-0.39, 0.29) is 5.75 Å². The van der Waals surface area contributed by atoms with Crippen LogP contribution < -0.4 is 4.74 Å². The minimum Gasteiger partial charge on any atom is -0.491 e. The molecule has 0 heterocycles. The molecular weight excluding hydrogens is 414 g/mol. The maximum Gasteiger partial charge on any atom is 0.190 e. The van der Waals surface area contributed by atoms with Crippen molar-refractivity contribution in [3.8, 4) is 16.9 Å². The van der Waals surface area contributed by atoms with Gasteiger partial charge in [-0.15, -0.1) is 0 Å². The number of hydrogen-bond donors (Lipinski definition) is 0. The third kappa shape index (κ3) is 5.97. The molecular formula is C30H40F2O. The van der Waals surface area contributed by atoms with Gasteiger partial charge in [0.25, 0.3) is 0 Å². The monoisotopic (exact) mass is 454 g/mol. The highest BCUT2D eigenvalue weighted by molar-refractivity contribution is 5.65. The van der Waals surface area contributed by atoms with Gasteiger partial charge in [0.15, 0.2) is 17.4 Å². The van der Waals surface area contributed by atoms with Crippen molar-refractivity contribution in [1.29, 1.82) is 0 Å².